The van der Waals surface area contributed by atoms with Crippen LogP contribution in [0.1, 0.15) is 19.8 Å². The number of hydrogen-bond donors (Lipinski definition) is 0. The largest absolute Gasteiger partial charge is 0.392 e. The molecule has 0 fully saturated rings. The highest BCUT2D eigenvalue weighted by molar-refractivity contribution is 4.82. The molecule has 0 bridgehead atoms. The SMILES string of the molecule is CCC=CCC(F)(F)F. The van der Waals surface area contributed by atoms with Gasteiger partial charge in [0.05, 0.1) is 6.42 Å². The van der Waals surface area contributed by atoms with E-state index in [0.29, 0.717) is 6.42 Å². The summed E-state index contributed by atoms with van der Waals surface area (Å²) in [4.78, 5) is 0. The Kier molecular flexibility index (Phi) is 3.35. The molecule has 54 valence electrons. The quantitative estimate of drug-likeness (QED) is 0.514. The van der Waals surface area contributed by atoms with Gasteiger partial charge in [0.15, 0.2) is 0 Å². The van der Waals surface area contributed by atoms with Crippen LogP contribution in [0, 0.1) is 0 Å². The molecule has 0 atom stereocenters. The highest BCUT2D eigenvalue weighted by Crippen LogP contribution is 2.19. The van der Waals surface area contributed by atoms with Crippen LogP contribution < -0.4 is 0 Å². The second-order valence-electron chi connectivity index (χ2n) is 1.70. The van der Waals surface area contributed by atoms with Crippen molar-refractivity contribution in [3.05, 3.63) is 12.2 Å². The van der Waals surface area contributed by atoms with Crippen LogP contribution in [-0.2, 0) is 0 Å². The Morgan fingerprint density at radius 1 is 1.22 bits per heavy atom. The first-order chi connectivity index (χ1) is 4.06. The van der Waals surface area contributed by atoms with Gasteiger partial charge in [-0.1, -0.05) is 19.1 Å². The van der Waals surface area contributed by atoms with Crippen LogP contribution in [-0.4, -0.2) is 6.18 Å². The second kappa shape index (κ2) is 3.54. The number of hydrogen-bond acceptors (Lipinski definition) is 0. The van der Waals surface area contributed by atoms with Crippen molar-refractivity contribution in [2.45, 2.75) is 25.9 Å². The van der Waals surface area contributed by atoms with Gasteiger partial charge in [0.2, 0.25) is 0 Å². The smallest absolute Gasteiger partial charge is 0.171 e. The molecule has 0 saturated heterocycles. The third kappa shape index (κ3) is 7.53. The van der Waals surface area contributed by atoms with Crippen molar-refractivity contribution in [1.82, 2.24) is 0 Å². The molecular formula is C6H9F3. The van der Waals surface area contributed by atoms with Gasteiger partial charge in [-0.15, -0.1) is 0 Å². The minimum absolute atomic E-state index is 0.663. The van der Waals surface area contributed by atoms with Crippen molar-refractivity contribution in [1.29, 1.82) is 0 Å². The van der Waals surface area contributed by atoms with Crippen molar-refractivity contribution >= 4 is 0 Å². The topological polar surface area (TPSA) is 0 Å². The van der Waals surface area contributed by atoms with Crippen molar-refractivity contribution in [2.75, 3.05) is 0 Å². The molecule has 0 aliphatic rings. The van der Waals surface area contributed by atoms with E-state index in [1.165, 1.54) is 6.08 Å². The van der Waals surface area contributed by atoms with Crippen LogP contribution in [0.4, 0.5) is 13.2 Å². The lowest BCUT2D eigenvalue weighted by Gasteiger charge is -1.99. The molecule has 0 heterocycles. The number of rotatable bonds is 2. The van der Waals surface area contributed by atoms with Crippen LogP contribution >= 0.6 is 0 Å². The Labute approximate surface area is 52.4 Å². The van der Waals surface area contributed by atoms with E-state index in [9.17, 15) is 13.2 Å². The number of alkyl halides is 3. The molecule has 0 aliphatic carbocycles. The zero-order chi connectivity index (χ0) is 7.33. The van der Waals surface area contributed by atoms with E-state index in [0.717, 1.165) is 6.08 Å². The molecule has 0 nitrogen and oxygen atoms in total. The van der Waals surface area contributed by atoms with E-state index in [1.807, 2.05) is 0 Å². The minimum atomic E-state index is -4.04. The van der Waals surface area contributed by atoms with Crippen molar-refractivity contribution in [2.24, 2.45) is 0 Å². The van der Waals surface area contributed by atoms with Gasteiger partial charge in [-0.05, 0) is 6.42 Å². The third-order valence-electron chi connectivity index (χ3n) is 0.752. The molecule has 0 unspecified atom stereocenters. The Bertz CT molecular complexity index is 91.0. The molecule has 0 aromatic rings. The van der Waals surface area contributed by atoms with Crippen LogP contribution in [0.5, 0.6) is 0 Å². The second-order valence-corrected chi connectivity index (χ2v) is 1.70. The van der Waals surface area contributed by atoms with Crippen LogP contribution in [0.3, 0.4) is 0 Å². The summed E-state index contributed by atoms with van der Waals surface area (Å²) in [6, 6.07) is 0. The van der Waals surface area contributed by atoms with E-state index in [-0.39, 0.29) is 0 Å². The Balaban J connectivity index is 3.38. The summed E-state index contributed by atoms with van der Waals surface area (Å²) < 4.78 is 34.0. The fourth-order valence-electron chi connectivity index (χ4n) is 0.384. The van der Waals surface area contributed by atoms with Gasteiger partial charge in [0.25, 0.3) is 0 Å². The van der Waals surface area contributed by atoms with Gasteiger partial charge in [0, 0.05) is 0 Å². The van der Waals surface area contributed by atoms with E-state index in [2.05, 4.69) is 0 Å². The molecule has 0 aromatic carbocycles. The fraction of sp³-hybridized carbons (Fsp3) is 0.667. The molecular weight excluding hydrogens is 129 g/mol. The molecule has 0 amide bonds. The summed E-state index contributed by atoms with van der Waals surface area (Å²) in [5, 5.41) is 0. The lowest BCUT2D eigenvalue weighted by atomic mass is 10.3. The van der Waals surface area contributed by atoms with Gasteiger partial charge in [-0.2, -0.15) is 13.2 Å². The van der Waals surface area contributed by atoms with E-state index in [4.69, 9.17) is 0 Å². The van der Waals surface area contributed by atoms with Gasteiger partial charge in [-0.25, -0.2) is 0 Å². The predicted octanol–water partition coefficient (Wildman–Crippen LogP) is 2.91. The number of allylic oxidation sites excluding steroid dienone is 2. The zero-order valence-electron chi connectivity index (χ0n) is 5.20. The maximum atomic E-state index is 11.3. The van der Waals surface area contributed by atoms with Gasteiger partial charge in [-0.3, -0.25) is 0 Å². The van der Waals surface area contributed by atoms with Crippen LogP contribution in [0.25, 0.3) is 0 Å². The Morgan fingerprint density at radius 3 is 2.11 bits per heavy atom. The average Bonchev–Trinajstić information content (AvgIpc) is 1.63. The van der Waals surface area contributed by atoms with Crippen molar-refractivity contribution < 1.29 is 13.2 Å². The summed E-state index contributed by atoms with van der Waals surface area (Å²) >= 11 is 0. The number of halogens is 3. The predicted molar refractivity (Wildman–Crippen MR) is 30.1 cm³/mol. The van der Waals surface area contributed by atoms with Gasteiger partial charge in [0.1, 0.15) is 0 Å². The first-order valence-corrected chi connectivity index (χ1v) is 2.78. The summed E-state index contributed by atoms with van der Waals surface area (Å²) in [6.45, 7) is 1.80. The first kappa shape index (κ1) is 8.53. The van der Waals surface area contributed by atoms with Crippen molar-refractivity contribution in [3.63, 3.8) is 0 Å². The zero-order valence-corrected chi connectivity index (χ0v) is 5.20. The molecule has 0 radical (unpaired) electrons. The van der Waals surface area contributed by atoms with E-state index >= 15 is 0 Å². The lowest BCUT2D eigenvalue weighted by molar-refractivity contribution is -0.125. The highest BCUT2D eigenvalue weighted by Gasteiger charge is 2.24. The summed E-state index contributed by atoms with van der Waals surface area (Å²) in [5.41, 5.74) is 0. The fourth-order valence-corrected chi connectivity index (χ4v) is 0.384. The first-order valence-electron chi connectivity index (χ1n) is 2.78. The maximum Gasteiger partial charge on any atom is 0.392 e. The molecule has 0 spiro atoms. The lowest BCUT2D eigenvalue weighted by Crippen LogP contribution is -2.03. The van der Waals surface area contributed by atoms with Crippen LogP contribution in [0.2, 0.25) is 0 Å². The van der Waals surface area contributed by atoms with Gasteiger partial charge < -0.3 is 0 Å². The standard InChI is InChI=1S/C6H9F3/c1-2-3-4-5-6(7,8)9/h3-4H,2,5H2,1H3. The maximum absolute atomic E-state index is 11.3. The molecule has 0 aliphatic heterocycles. The molecule has 0 rings (SSSR count). The minimum Gasteiger partial charge on any atom is -0.171 e. The Hall–Kier alpha value is -0.470. The average molecular weight is 138 g/mol. The third-order valence-corrected chi connectivity index (χ3v) is 0.752. The van der Waals surface area contributed by atoms with E-state index < -0.39 is 12.6 Å². The van der Waals surface area contributed by atoms with Gasteiger partial charge >= 0.3 is 6.18 Å². The monoisotopic (exact) mass is 138 g/mol. The van der Waals surface area contributed by atoms with Crippen molar-refractivity contribution in [3.8, 4) is 0 Å². The summed E-state index contributed by atoms with van der Waals surface area (Å²) in [5.74, 6) is 0. The molecule has 0 saturated carbocycles. The van der Waals surface area contributed by atoms with Crippen LogP contribution in [0.15, 0.2) is 12.2 Å². The molecule has 9 heavy (non-hydrogen) atoms. The molecule has 0 aromatic heterocycles. The highest BCUT2D eigenvalue weighted by atomic mass is 19.4. The summed E-state index contributed by atoms with van der Waals surface area (Å²) in [6.07, 6.45) is -1.53. The normalized spacial score (nSPS) is 12.9. The summed E-state index contributed by atoms with van der Waals surface area (Å²) in [7, 11) is 0. The molecule has 3 heteroatoms. The van der Waals surface area contributed by atoms with E-state index in [1.54, 1.807) is 6.92 Å². The molecule has 0 N–H and O–H groups in total. The Morgan fingerprint density at radius 2 is 1.78 bits per heavy atom.